The van der Waals surface area contributed by atoms with E-state index in [1.54, 1.807) is 128 Å². The zero-order valence-corrected chi connectivity index (χ0v) is 38.9. The number of phenols is 17. The van der Waals surface area contributed by atoms with Crippen LogP contribution in [0, 0.1) is 0 Å². The van der Waals surface area contributed by atoms with Crippen LogP contribution < -0.4 is 15.3 Å². The van der Waals surface area contributed by atoms with Crippen LogP contribution in [0.2, 0.25) is 0 Å². The fourth-order valence-corrected chi connectivity index (χ4v) is 8.39. The molecule has 0 aromatic heterocycles. The third-order valence-electron chi connectivity index (χ3n) is 12.3. The van der Waals surface area contributed by atoms with Gasteiger partial charge < -0.3 is 96.6 Å². The zero-order valence-electron chi connectivity index (χ0n) is 38.9. The van der Waals surface area contributed by atoms with E-state index in [4.69, 9.17) is 7.85 Å². The molecule has 0 atom stereocenters. The second-order valence-electron chi connectivity index (χ2n) is 16.6. The molecule has 2 radical (unpaired) electrons. The molecule has 378 valence electrons. The minimum atomic E-state index is -1.35. The van der Waals surface area contributed by atoms with E-state index in [1.807, 2.05) is 6.08 Å². The highest BCUT2D eigenvalue weighted by atomic mass is 16.4. The van der Waals surface area contributed by atoms with Crippen molar-refractivity contribution in [1.29, 1.82) is 0 Å². The van der Waals surface area contributed by atoms with Crippen molar-refractivity contribution in [1.82, 2.24) is 0 Å². The van der Waals surface area contributed by atoms with Crippen LogP contribution in [0.5, 0.6) is 97.7 Å². The normalized spacial score (nSPS) is 11.5. The molecule has 0 unspecified atom stereocenters. The molecule has 0 aliphatic rings. The molecule has 0 fully saturated rings. The summed E-state index contributed by atoms with van der Waals surface area (Å²) in [6.07, 6.45) is 5.30. The molecule has 19 nitrogen and oxygen atoms in total. The minimum absolute atomic E-state index is 0.257. The Bertz CT molecular complexity index is 3540. The Hall–Kier alpha value is -10.8. The fourth-order valence-electron chi connectivity index (χ4n) is 8.39. The maximum absolute atomic E-state index is 11.5. The Kier molecular flexibility index (Phi) is 13.1. The number of para-hydroxylation sites is 2. The lowest BCUT2D eigenvalue weighted by Gasteiger charge is -2.28. The Balaban J connectivity index is 1.10. The van der Waals surface area contributed by atoms with Gasteiger partial charge in [0.1, 0.15) is 25.0 Å². The number of hydrogen-bond donors (Lipinski definition) is 17. The third kappa shape index (κ3) is 8.38. The van der Waals surface area contributed by atoms with E-state index >= 15 is 0 Å². The standard InChI is InChI=1S/C55H43BN2O17/c1-3-25(27-18-22-31(23-19-27)58(29-12-8-5-9-13-29)37-48(68)40(60)33(41(61)49(37)69)32-39(59)36(56)47(67)52(72)44(32)64)15-14-24(2)26-16-20-30(21-17-26)57(28-10-6-4-7-11-28)38-50(70)42(62)34(43(63)51(38)71)35-45(65)53(73)55(75)54(74)46(35)66/h3-23,59-75H,2H2,1H3/b15-14-,25-3+. The zero-order chi connectivity index (χ0) is 54.5. The van der Waals surface area contributed by atoms with Gasteiger partial charge in [-0.25, -0.2) is 0 Å². The van der Waals surface area contributed by atoms with Crippen LogP contribution in [-0.2, 0) is 0 Å². The van der Waals surface area contributed by atoms with Gasteiger partial charge >= 0.3 is 0 Å². The average molecular weight is 1010 g/mol. The molecule has 17 N–H and O–H groups in total. The van der Waals surface area contributed by atoms with Crippen molar-refractivity contribution in [3.63, 3.8) is 0 Å². The van der Waals surface area contributed by atoms with Crippen LogP contribution in [0.15, 0.2) is 134 Å². The van der Waals surface area contributed by atoms with Crippen molar-refractivity contribution in [3.8, 4) is 120 Å². The molecule has 0 aliphatic heterocycles. The molecule has 8 aromatic rings. The van der Waals surface area contributed by atoms with E-state index in [-0.39, 0.29) is 11.4 Å². The summed E-state index contributed by atoms with van der Waals surface area (Å²) >= 11 is 0. The Morgan fingerprint density at radius 3 is 1.00 bits per heavy atom. The van der Waals surface area contributed by atoms with Crippen molar-refractivity contribution in [2.75, 3.05) is 9.80 Å². The van der Waals surface area contributed by atoms with E-state index in [9.17, 15) is 86.8 Å². The highest BCUT2D eigenvalue weighted by Crippen LogP contribution is 2.65. The summed E-state index contributed by atoms with van der Waals surface area (Å²) in [4.78, 5) is 2.57. The van der Waals surface area contributed by atoms with Gasteiger partial charge in [0.15, 0.2) is 69.0 Å². The van der Waals surface area contributed by atoms with Crippen LogP contribution in [0.4, 0.5) is 34.1 Å². The van der Waals surface area contributed by atoms with Gasteiger partial charge in [0.25, 0.3) is 0 Å². The van der Waals surface area contributed by atoms with Gasteiger partial charge in [0, 0.05) is 22.7 Å². The number of benzene rings is 8. The highest BCUT2D eigenvalue weighted by Gasteiger charge is 2.36. The van der Waals surface area contributed by atoms with Crippen molar-refractivity contribution in [2.45, 2.75) is 6.92 Å². The number of anilines is 6. The SMILES string of the molecule is [B]c1c(O)c(O)c(O)c(-c2c(O)c(O)c(N(c3ccccc3)c3ccc(C(/C=C\C(=C)c4ccc(N(c5ccccc5)c5c(O)c(O)c(-c6c(O)c(O)c(O)c(O)c6O)c(O)c5O)cc4)=C/C)cc3)c(O)c2O)c1O. The van der Waals surface area contributed by atoms with Gasteiger partial charge in [-0.2, -0.15) is 0 Å². The monoisotopic (exact) mass is 1010 g/mol. The predicted molar refractivity (Wildman–Crippen MR) is 279 cm³/mol. The lowest BCUT2D eigenvalue weighted by Crippen LogP contribution is -2.11. The van der Waals surface area contributed by atoms with Crippen LogP contribution in [0.1, 0.15) is 18.1 Å². The fraction of sp³-hybridized carbons (Fsp3) is 0.0182. The number of aromatic hydroxyl groups is 17. The predicted octanol–water partition coefficient (Wildman–Crippen LogP) is 9.42. The van der Waals surface area contributed by atoms with E-state index in [1.165, 1.54) is 9.80 Å². The molecule has 0 bridgehead atoms. The van der Waals surface area contributed by atoms with Crippen LogP contribution in [0.25, 0.3) is 33.4 Å². The van der Waals surface area contributed by atoms with E-state index < -0.39 is 137 Å². The first-order chi connectivity index (χ1) is 35.6. The number of nitrogens with zero attached hydrogens (tertiary/aromatic N) is 2. The van der Waals surface area contributed by atoms with Crippen molar-refractivity contribution in [3.05, 3.63) is 145 Å². The first kappa shape index (κ1) is 50.6. The smallest absolute Gasteiger partial charge is 0.208 e. The van der Waals surface area contributed by atoms with Gasteiger partial charge in [-0.05, 0) is 83.2 Å². The molecule has 8 aromatic carbocycles. The summed E-state index contributed by atoms with van der Waals surface area (Å²) in [5.74, 6) is -20.3. The molecule has 20 heteroatoms. The van der Waals surface area contributed by atoms with Gasteiger partial charge in [-0.1, -0.05) is 85.5 Å². The summed E-state index contributed by atoms with van der Waals surface area (Å²) in [5.41, 5.74) is -2.24. The van der Waals surface area contributed by atoms with E-state index in [2.05, 4.69) is 6.58 Å². The molecule has 0 heterocycles. The number of rotatable bonds is 12. The Morgan fingerprint density at radius 2 is 0.640 bits per heavy atom. The molecular weight excluding hydrogens is 971 g/mol. The topological polar surface area (TPSA) is 350 Å². The quantitative estimate of drug-likeness (QED) is 0.0234. The summed E-state index contributed by atoms with van der Waals surface area (Å²) in [7, 11) is 5.66. The maximum Gasteiger partial charge on any atom is 0.208 e. The first-order valence-electron chi connectivity index (χ1n) is 22.0. The molecule has 8 rings (SSSR count). The average Bonchev–Trinajstić information content (AvgIpc) is 3.42. The third-order valence-corrected chi connectivity index (χ3v) is 12.3. The van der Waals surface area contributed by atoms with Crippen LogP contribution >= 0.6 is 0 Å². The highest BCUT2D eigenvalue weighted by molar-refractivity contribution is 6.37. The molecule has 0 saturated heterocycles. The second-order valence-corrected chi connectivity index (χ2v) is 16.6. The maximum atomic E-state index is 11.5. The van der Waals surface area contributed by atoms with Crippen molar-refractivity contribution in [2.24, 2.45) is 0 Å². The van der Waals surface area contributed by atoms with Gasteiger partial charge in [-0.15, -0.1) is 0 Å². The summed E-state index contributed by atoms with van der Waals surface area (Å²) in [6, 6.07) is 29.4. The molecule has 75 heavy (non-hydrogen) atoms. The van der Waals surface area contributed by atoms with Crippen molar-refractivity contribution < 1.29 is 86.8 Å². The van der Waals surface area contributed by atoms with E-state index in [0.717, 1.165) is 0 Å². The Morgan fingerprint density at radius 1 is 0.347 bits per heavy atom. The number of hydrogen-bond acceptors (Lipinski definition) is 19. The van der Waals surface area contributed by atoms with Crippen LogP contribution in [-0.4, -0.2) is 94.7 Å². The summed E-state index contributed by atoms with van der Waals surface area (Å²) in [5, 5.41) is 184. The number of phenolic OH excluding ortho intramolecular Hbond substituents is 17. The molecule has 0 amide bonds. The van der Waals surface area contributed by atoms with Gasteiger partial charge in [-0.3, -0.25) is 0 Å². The van der Waals surface area contributed by atoms with Crippen molar-refractivity contribution >= 4 is 58.6 Å². The minimum Gasteiger partial charge on any atom is -0.508 e. The number of allylic oxidation sites excluding steroid dienone is 5. The molecular formula is C55H43BN2O17. The second kappa shape index (κ2) is 19.4. The summed E-state index contributed by atoms with van der Waals surface area (Å²) in [6.45, 7) is 5.99. The lowest BCUT2D eigenvalue weighted by atomic mass is 9.87. The first-order valence-corrected chi connectivity index (χ1v) is 22.0. The molecule has 0 saturated carbocycles. The molecule has 0 spiro atoms. The molecule has 0 aliphatic carbocycles. The largest absolute Gasteiger partial charge is 0.508 e. The van der Waals surface area contributed by atoms with Gasteiger partial charge in [0.05, 0.1) is 22.3 Å². The van der Waals surface area contributed by atoms with Gasteiger partial charge in [0.2, 0.25) is 23.0 Å². The summed E-state index contributed by atoms with van der Waals surface area (Å²) < 4.78 is 0. The van der Waals surface area contributed by atoms with Crippen LogP contribution in [0.3, 0.4) is 0 Å². The Labute approximate surface area is 425 Å². The lowest BCUT2D eigenvalue weighted by molar-refractivity contribution is 0.329. The van der Waals surface area contributed by atoms with E-state index in [0.29, 0.717) is 33.6 Å².